The zero-order chi connectivity index (χ0) is 14.3. The van der Waals surface area contributed by atoms with Crippen LogP contribution in [0.3, 0.4) is 0 Å². The molecule has 0 spiro atoms. The molecule has 0 fully saturated rings. The fraction of sp³-hybridized carbons (Fsp3) is 0.571. The van der Waals surface area contributed by atoms with Gasteiger partial charge in [-0.05, 0) is 25.5 Å². The van der Waals surface area contributed by atoms with E-state index in [1.165, 1.54) is 0 Å². The first kappa shape index (κ1) is 15.8. The van der Waals surface area contributed by atoms with E-state index in [0.29, 0.717) is 6.61 Å². The molecular weight excluding hydrogens is 244 g/mol. The summed E-state index contributed by atoms with van der Waals surface area (Å²) in [5, 5.41) is 0. The van der Waals surface area contributed by atoms with Gasteiger partial charge in [-0.2, -0.15) is 0 Å². The first-order valence-corrected chi connectivity index (χ1v) is 6.51. The summed E-state index contributed by atoms with van der Waals surface area (Å²) in [5.41, 5.74) is 3.78. The molecule has 1 rings (SSSR count). The number of ether oxygens (including phenoxy) is 3. The maximum Gasteiger partial charge on any atom is 0.127 e. The number of benzene rings is 1. The van der Waals surface area contributed by atoms with Crippen LogP contribution in [-0.2, 0) is 4.74 Å². The Labute approximate surface area is 115 Å². The lowest BCUT2D eigenvalue weighted by Gasteiger charge is -2.27. The van der Waals surface area contributed by atoms with Gasteiger partial charge in [0.05, 0.1) is 26.4 Å². The van der Waals surface area contributed by atoms with E-state index in [9.17, 15) is 0 Å². The summed E-state index contributed by atoms with van der Waals surface area (Å²) in [4.78, 5) is 0. The number of hydrogen-bond acceptors (Lipinski definition) is 5. The zero-order valence-electron chi connectivity index (χ0n) is 12.1. The summed E-state index contributed by atoms with van der Waals surface area (Å²) in [6.45, 7) is 4.69. The van der Waals surface area contributed by atoms with E-state index in [2.05, 4.69) is 12.3 Å². The van der Waals surface area contributed by atoms with Crippen molar-refractivity contribution in [3.63, 3.8) is 0 Å². The lowest BCUT2D eigenvalue weighted by molar-refractivity contribution is 0.0308. The Morgan fingerprint density at radius 3 is 2.42 bits per heavy atom. The predicted octanol–water partition coefficient (Wildman–Crippen LogP) is 2.02. The molecular formula is C14H24N2O3. The molecule has 3 N–H and O–H groups in total. The van der Waals surface area contributed by atoms with Gasteiger partial charge in [-0.15, -0.1) is 0 Å². The summed E-state index contributed by atoms with van der Waals surface area (Å²) in [6, 6.07) is 5.56. The van der Waals surface area contributed by atoms with Crippen molar-refractivity contribution < 1.29 is 14.2 Å². The molecule has 0 aromatic heterocycles. The fourth-order valence-corrected chi connectivity index (χ4v) is 2.14. The van der Waals surface area contributed by atoms with E-state index in [0.717, 1.165) is 23.5 Å². The van der Waals surface area contributed by atoms with E-state index in [1.54, 1.807) is 14.2 Å². The molecule has 0 amide bonds. The number of nitrogens with two attached hydrogens (primary N) is 1. The smallest absolute Gasteiger partial charge is 0.127 e. The van der Waals surface area contributed by atoms with Crippen molar-refractivity contribution in [2.45, 2.75) is 32.4 Å². The SMILES string of the molecule is CCOC(CC)C(NN)c1ccc(OC)cc1OC. The molecule has 1 aromatic rings. The minimum Gasteiger partial charge on any atom is -0.497 e. The average Bonchev–Trinajstić information content (AvgIpc) is 2.47. The van der Waals surface area contributed by atoms with Crippen molar-refractivity contribution >= 4 is 0 Å². The molecule has 19 heavy (non-hydrogen) atoms. The van der Waals surface area contributed by atoms with Crippen LogP contribution in [0.5, 0.6) is 11.5 Å². The average molecular weight is 268 g/mol. The van der Waals surface area contributed by atoms with Crippen molar-refractivity contribution in [3.05, 3.63) is 23.8 Å². The molecule has 0 aliphatic carbocycles. The van der Waals surface area contributed by atoms with Gasteiger partial charge in [-0.1, -0.05) is 6.92 Å². The van der Waals surface area contributed by atoms with Crippen LogP contribution < -0.4 is 20.7 Å². The summed E-state index contributed by atoms with van der Waals surface area (Å²) >= 11 is 0. The number of methoxy groups -OCH3 is 2. The van der Waals surface area contributed by atoms with Gasteiger partial charge in [-0.3, -0.25) is 11.3 Å². The highest BCUT2D eigenvalue weighted by Crippen LogP contribution is 2.32. The first-order valence-electron chi connectivity index (χ1n) is 6.51. The third-order valence-corrected chi connectivity index (χ3v) is 3.11. The van der Waals surface area contributed by atoms with Gasteiger partial charge >= 0.3 is 0 Å². The number of hydrogen-bond donors (Lipinski definition) is 2. The Hall–Kier alpha value is -1.30. The van der Waals surface area contributed by atoms with Crippen molar-refractivity contribution in [2.24, 2.45) is 5.84 Å². The summed E-state index contributed by atoms with van der Waals surface area (Å²) < 4.78 is 16.3. The second kappa shape index (κ2) is 7.99. The minimum atomic E-state index is -0.120. The zero-order valence-corrected chi connectivity index (χ0v) is 12.1. The van der Waals surface area contributed by atoms with Crippen molar-refractivity contribution in [3.8, 4) is 11.5 Å². The van der Waals surface area contributed by atoms with E-state index in [1.807, 2.05) is 25.1 Å². The Morgan fingerprint density at radius 1 is 1.21 bits per heavy atom. The van der Waals surface area contributed by atoms with Gasteiger partial charge in [0.25, 0.3) is 0 Å². The van der Waals surface area contributed by atoms with E-state index in [-0.39, 0.29) is 12.1 Å². The Kier molecular flexibility index (Phi) is 6.62. The van der Waals surface area contributed by atoms with Crippen molar-refractivity contribution in [2.75, 3.05) is 20.8 Å². The highest BCUT2D eigenvalue weighted by molar-refractivity contribution is 5.43. The topological polar surface area (TPSA) is 65.7 Å². The molecule has 108 valence electrons. The first-order chi connectivity index (χ1) is 9.21. The molecule has 0 saturated heterocycles. The second-order valence-corrected chi connectivity index (χ2v) is 4.15. The van der Waals surface area contributed by atoms with Crippen molar-refractivity contribution in [1.29, 1.82) is 0 Å². The Bertz CT molecular complexity index is 385. The fourth-order valence-electron chi connectivity index (χ4n) is 2.14. The normalized spacial score (nSPS) is 13.9. The highest BCUT2D eigenvalue weighted by Gasteiger charge is 2.24. The second-order valence-electron chi connectivity index (χ2n) is 4.15. The monoisotopic (exact) mass is 268 g/mol. The molecule has 5 nitrogen and oxygen atoms in total. The predicted molar refractivity (Wildman–Crippen MR) is 75.3 cm³/mol. The quantitative estimate of drug-likeness (QED) is 0.558. The maximum absolute atomic E-state index is 5.73. The van der Waals surface area contributed by atoms with E-state index >= 15 is 0 Å². The minimum absolute atomic E-state index is 0.00250. The lowest BCUT2D eigenvalue weighted by Crippen LogP contribution is -2.38. The number of nitrogens with one attached hydrogen (secondary N) is 1. The molecule has 0 aliphatic heterocycles. The van der Waals surface area contributed by atoms with Crippen LogP contribution in [0.4, 0.5) is 0 Å². The van der Waals surface area contributed by atoms with Crippen LogP contribution in [0.15, 0.2) is 18.2 Å². The van der Waals surface area contributed by atoms with E-state index in [4.69, 9.17) is 20.1 Å². The maximum atomic E-state index is 5.73. The molecule has 0 aliphatic rings. The third-order valence-electron chi connectivity index (χ3n) is 3.11. The van der Waals surface area contributed by atoms with Gasteiger partial charge in [-0.25, -0.2) is 0 Å². The van der Waals surface area contributed by atoms with Crippen LogP contribution in [0.1, 0.15) is 31.9 Å². The summed E-state index contributed by atoms with van der Waals surface area (Å²) in [5.74, 6) is 7.18. The highest BCUT2D eigenvalue weighted by atomic mass is 16.5. The standard InChI is InChI=1S/C14H24N2O3/c1-5-12(19-6-2)14(16-15)11-8-7-10(17-3)9-13(11)18-4/h7-9,12,14,16H,5-6,15H2,1-4H3. The summed E-state index contributed by atoms with van der Waals surface area (Å²) in [7, 11) is 3.26. The molecule has 2 atom stereocenters. The third kappa shape index (κ3) is 3.83. The summed E-state index contributed by atoms with van der Waals surface area (Å²) in [6.07, 6.45) is 0.857. The van der Waals surface area contributed by atoms with Crippen LogP contribution in [0.25, 0.3) is 0 Å². The van der Waals surface area contributed by atoms with Crippen LogP contribution in [0.2, 0.25) is 0 Å². The van der Waals surface area contributed by atoms with Gasteiger partial charge in [0.2, 0.25) is 0 Å². The number of hydrazine groups is 1. The van der Waals surface area contributed by atoms with Gasteiger partial charge in [0, 0.05) is 18.2 Å². The molecule has 0 bridgehead atoms. The molecule has 2 unspecified atom stereocenters. The lowest BCUT2D eigenvalue weighted by atomic mass is 9.99. The number of rotatable bonds is 8. The largest absolute Gasteiger partial charge is 0.497 e. The van der Waals surface area contributed by atoms with Crippen molar-refractivity contribution in [1.82, 2.24) is 5.43 Å². The van der Waals surface area contributed by atoms with Gasteiger partial charge in [0.15, 0.2) is 0 Å². The molecule has 5 heteroatoms. The van der Waals surface area contributed by atoms with Gasteiger partial charge in [0.1, 0.15) is 11.5 Å². The van der Waals surface area contributed by atoms with Crippen LogP contribution >= 0.6 is 0 Å². The molecule has 0 radical (unpaired) electrons. The van der Waals surface area contributed by atoms with Crippen LogP contribution in [-0.4, -0.2) is 26.9 Å². The van der Waals surface area contributed by atoms with Gasteiger partial charge < -0.3 is 14.2 Å². The Morgan fingerprint density at radius 2 is 1.95 bits per heavy atom. The van der Waals surface area contributed by atoms with E-state index < -0.39 is 0 Å². The van der Waals surface area contributed by atoms with Crippen LogP contribution in [0, 0.1) is 0 Å². The Balaban J connectivity index is 3.09. The molecule has 1 aromatic carbocycles. The molecule has 0 saturated carbocycles. The molecule has 0 heterocycles.